The van der Waals surface area contributed by atoms with Crippen molar-refractivity contribution in [1.29, 1.82) is 0 Å². The van der Waals surface area contributed by atoms with Crippen molar-refractivity contribution in [3.63, 3.8) is 0 Å². The number of aromatic nitrogens is 1. The topological polar surface area (TPSA) is 69.5 Å². The van der Waals surface area contributed by atoms with Gasteiger partial charge >= 0.3 is 0 Å². The van der Waals surface area contributed by atoms with Crippen LogP contribution in [0.1, 0.15) is 34.2 Å². The summed E-state index contributed by atoms with van der Waals surface area (Å²) < 4.78 is 0. The molecule has 1 aromatic heterocycles. The Balaban J connectivity index is 0.00000338. The largest absolute Gasteiger partial charge is 0.386 e. The van der Waals surface area contributed by atoms with Gasteiger partial charge in [0.15, 0.2) is 5.96 Å². The monoisotopic (exact) mass is 508 g/mol. The number of aliphatic imine (C=N–C) groups is 1. The van der Waals surface area contributed by atoms with Crippen molar-refractivity contribution in [2.45, 2.75) is 33.3 Å². The molecule has 5 nitrogen and oxygen atoms in total. The molecule has 2 rings (SSSR count). The minimum atomic E-state index is -0.728. The van der Waals surface area contributed by atoms with E-state index in [0.717, 1.165) is 30.2 Å². The molecule has 144 valence electrons. The number of guanidine groups is 1. The number of nitrogens with zero attached hydrogens (tertiary/aromatic N) is 2. The standard InChI is InChI=1S/C18H25ClN4OS.HI/c1-4-20-18(21-10-9-17-23-12(2)13(3)25-17)22-11-16(24)14-7-5-6-8-15(14)19;/h5-8,16,24H,4,9-11H2,1-3H3,(H2,20,21,22);1H. The molecular formula is C18H26ClIN4OS. The lowest BCUT2D eigenvalue weighted by Crippen LogP contribution is -2.38. The van der Waals surface area contributed by atoms with Crippen LogP contribution in [-0.4, -0.2) is 35.7 Å². The van der Waals surface area contributed by atoms with Gasteiger partial charge in [-0.05, 0) is 26.8 Å². The summed E-state index contributed by atoms with van der Waals surface area (Å²) in [6, 6.07) is 7.28. The molecule has 0 aliphatic carbocycles. The summed E-state index contributed by atoms with van der Waals surface area (Å²) in [6.45, 7) is 7.86. The molecule has 1 aromatic carbocycles. The molecular weight excluding hydrogens is 483 g/mol. The Bertz CT molecular complexity index is 703. The first-order valence-electron chi connectivity index (χ1n) is 8.38. The third-order valence-corrected chi connectivity index (χ3v) is 5.21. The number of thiazole rings is 1. The summed E-state index contributed by atoms with van der Waals surface area (Å²) in [5.74, 6) is 0.679. The van der Waals surface area contributed by atoms with E-state index in [4.69, 9.17) is 11.6 Å². The number of nitrogens with one attached hydrogen (secondary N) is 2. The highest BCUT2D eigenvalue weighted by Gasteiger charge is 2.11. The van der Waals surface area contributed by atoms with Crippen molar-refractivity contribution >= 4 is 52.9 Å². The van der Waals surface area contributed by atoms with Gasteiger partial charge in [0.25, 0.3) is 0 Å². The number of hydrogen-bond donors (Lipinski definition) is 3. The first kappa shape index (κ1) is 23.1. The van der Waals surface area contributed by atoms with Gasteiger partial charge in [0.05, 0.1) is 17.2 Å². The number of rotatable bonds is 7. The second-order valence-corrected chi connectivity index (χ2v) is 7.38. The Morgan fingerprint density at radius 1 is 1.31 bits per heavy atom. The lowest BCUT2D eigenvalue weighted by molar-refractivity contribution is 0.187. The summed E-state index contributed by atoms with van der Waals surface area (Å²) in [7, 11) is 0. The van der Waals surface area contributed by atoms with Crippen molar-refractivity contribution in [2.75, 3.05) is 19.6 Å². The number of aryl methyl sites for hydroxylation is 2. The molecule has 1 atom stereocenters. The molecule has 8 heteroatoms. The summed E-state index contributed by atoms with van der Waals surface area (Å²) in [5.41, 5.74) is 1.79. The lowest BCUT2D eigenvalue weighted by atomic mass is 10.1. The number of halogens is 2. The third kappa shape index (κ3) is 7.02. The molecule has 0 bridgehead atoms. The Morgan fingerprint density at radius 2 is 2.04 bits per heavy atom. The van der Waals surface area contributed by atoms with Gasteiger partial charge < -0.3 is 15.7 Å². The summed E-state index contributed by atoms with van der Waals surface area (Å²) >= 11 is 7.85. The first-order chi connectivity index (χ1) is 12.0. The molecule has 1 unspecified atom stereocenters. The molecule has 0 aliphatic rings. The van der Waals surface area contributed by atoms with E-state index >= 15 is 0 Å². The van der Waals surface area contributed by atoms with Crippen LogP contribution < -0.4 is 10.6 Å². The van der Waals surface area contributed by atoms with E-state index in [2.05, 4.69) is 27.5 Å². The van der Waals surface area contributed by atoms with Gasteiger partial charge in [0.1, 0.15) is 6.10 Å². The average Bonchev–Trinajstić information content (AvgIpc) is 2.90. The van der Waals surface area contributed by atoms with E-state index in [1.165, 1.54) is 4.88 Å². The Kier molecular flexibility index (Phi) is 10.4. The van der Waals surface area contributed by atoms with Gasteiger partial charge in [0, 0.05) is 35.0 Å². The Labute approximate surface area is 181 Å². The number of aliphatic hydroxyl groups excluding tert-OH is 1. The quantitative estimate of drug-likeness (QED) is 0.302. The van der Waals surface area contributed by atoms with Crippen LogP contribution in [0.2, 0.25) is 5.02 Å². The summed E-state index contributed by atoms with van der Waals surface area (Å²) in [6.07, 6.45) is 0.116. The maximum atomic E-state index is 10.3. The van der Waals surface area contributed by atoms with Crippen LogP contribution in [0.25, 0.3) is 0 Å². The zero-order valence-corrected chi connectivity index (χ0v) is 19.2. The highest BCUT2D eigenvalue weighted by molar-refractivity contribution is 14.0. The predicted octanol–water partition coefficient (Wildman–Crippen LogP) is 3.86. The minimum absolute atomic E-state index is 0. The normalized spacial score (nSPS) is 12.4. The first-order valence-corrected chi connectivity index (χ1v) is 9.58. The van der Waals surface area contributed by atoms with Gasteiger partial charge in [-0.2, -0.15) is 0 Å². The second kappa shape index (κ2) is 11.7. The van der Waals surface area contributed by atoms with E-state index in [0.29, 0.717) is 16.5 Å². The molecule has 0 spiro atoms. The molecule has 1 heterocycles. The number of aliphatic hydroxyl groups is 1. The molecule has 0 saturated carbocycles. The van der Waals surface area contributed by atoms with Crippen LogP contribution in [0.3, 0.4) is 0 Å². The van der Waals surface area contributed by atoms with Crippen molar-refractivity contribution in [3.05, 3.63) is 50.4 Å². The highest BCUT2D eigenvalue weighted by atomic mass is 127. The van der Waals surface area contributed by atoms with E-state index < -0.39 is 6.10 Å². The Morgan fingerprint density at radius 3 is 2.65 bits per heavy atom. The maximum absolute atomic E-state index is 10.3. The van der Waals surface area contributed by atoms with Crippen LogP contribution in [0.5, 0.6) is 0 Å². The molecule has 0 fully saturated rings. The zero-order chi connectivity index (χ0) is 18.2. The van der Waals surface area contributed by atoms with Crippen LogP contribution >= 0.6 is 46.9 Å². The molecule has 3 N–H and O–H groups in total. The molecule has 0 radical (unpaired) electrons. The maximum Gasteiger partial charge on any atom is 0.191 e. The fourth-order valence-corrected chi connectivity index (χ4v) is 3.49. The van der Waals surface area contributed by atoms with E-state index in [1.54, 1.807) is 17.4 Å². The summed E-state index contributed by atoms with van der Waals surface area (Å²) in [4.78, 5) is 10.3. The van der Waals surface area contributed by atoms with Gasteiger partial charge in [-0.3, -0.25) is 4.99 Å². The molecule has 2 aromatic rings. The Hall–Kier alpha value is -0.900. The van der Waals surface area contributed by atoms with Crippen LogP contribution in [0, 0.1) is 13.8 Å². The fraction of sp³-hybridized carbons (Fsp3) is 0.444. The minimum Gasteiger partial charge on any atom is -0.386 e. The van der Waals surface area contributed by atoms with Crippen molar-refractivity contribution in [3.8, 4) is 0 Å². The second-order valence-electron chi connectivity index (χ2n) is 5.68. The number of benzene rings is 1. The summed E-state index contributed by atoms with van der Waals surface area (Å²) in [5, 5.41) is 18.4. The average molecular weight is 509 g/mol. The van der Waals surface area contributed by atoms with Gasteiger partial charge in [-0.1, -0.05) is 29.8 Å². The van der Waals surface area contributed by atoms with Crippen LogP contribution in [0.15, 0.2) is 29.3 Å². The molecule has 0 amide bonds. The van der Waals surface area contributed by atoms with Gasteiger partial charge in [-0.15, -0.1) is 35.3 Å². The fourth-order valence-electron chi connectivity index (χ4n) is 2.30. The SMILES string of the molecule is CCNC(=NCC(O)c1ccccc1Cl)NCCc1nc(C)c(C)s1.I. The predicted molar refractivity (Wildman–Crippen MR) is 121 cm³/mol. The smallest absolute Gasteiger partial charge is 0.191 e. The molecule has 26 heavy (non-hydrogen) atoms. The van der Waals surface area contributed by atoms with Gasteiger partial charge in [-0.25, -0.2) is 4.98 Å². The lowest BCUT2D eigenvalue weighted by Gasteiger charge is -2.13. The van der Waals surface area contributed by atoms with Gasteiger partial charge in [0.2, 0.25) is 0 Å². The van der Waals surface area contributed by atoms with E-state index in [1.807, 2.05) is 32.0 Å². The van der Waals surface area contributed by atoms with Crippen molar-refractivity contribution < 1.29 is 5.11 Å². The van der Waals surface area contributed by atoms with Crippen molar-refractivity contribution in [2.24, 2.45) is 4.99 Å². The van der Waals surface area contributed by atoms with Crippen molar-refractivity contribution in [1.82, 2.24) is 15.6 Å². The number of hydrogen-bond acceptors (Lipinski definition) is 4. The molecule has 0 saturated heterocycles. The molecule has 0 aliphatic heterocycles. The zero-order valence-electron chi connectivity index (χ0n) is 15.3. The third-order valence-electron chi connectivity index (χ3n) is 3.73. The van der Waals surface area contributed by atoms with Crippen LogP contribution in [0.4, 0.5) is 0 Å². The van der Waals surface area contributed by atoms with E-state index in [-0.39, 0.29) is 30.5 Å². The van der Waals surface area contributed by atoms with E-state index in [9.17, 15) is 5.11 Å². The highest BCUT2D eigenvalue weighted by Crippen LogP contribution is 2.22. The van der Waals surface area contributed by atoms with Crippen LogP contribution in [-0.2, 0) is 6.42 Å².